The predicted molar refractivity (Wildman–Crippen MR) is 80.6 cm³/mol. The molecule has 0 radical (unpaired) electrons. The number of nitro benzene ring substituents is 1. The fourth-order valence-corrected chi connectivity index (χ4v) is 1.28. The average molecular weight is 472 g/mol. The van der Waals surface area contributed by atoms with Crippen LogP contribution in [0.25, 0.3) is 0 Å². The van der Waals surface area contributed by atoms with Crippen LogP contribution in [-0.4, -0.2) is 58.5 Å². The Labute approximate surface area is 166 Å². The summed E-state index contributed by atoms with van der Waals surface area (Å²) in [5, 5.41) is 10.2. The molecule has 0 saturated carbocycles. The first-order valence-electron chi connectivity index (χ1n) is 5.75. The zero-order valence-corrected chi connectivity index (χ0v) is 13.3. The van der Waals surface area contributed by atoms with Gasteiger partial charge in [-0.15, -0.1) is 0 Å². The van der Waals surface area contributed by atoms with Gasteiger partial charge < -0.3 is 51.8 Å². The molecule has 1 N–H and O–H groups in total. The van der Waals surface area contributed by atoms with Gasteiger partial charge in [0.05, 0.1) is 4.92 Å². The first-order valence-corrected chi connectivity index (χ1v) is 7.19. The van der Waals surface area contributed by atoms with Crippen molar-refractivity contribution in [2.75, 3.05) is 0 Å². The second-order valence-corrected chi connectivity index (χ2v) is 5.14. The number of hydrogen-bond acceptors (Lipinski definition) is 4. The van der Waals surface area contributed by atoms with E-state index in [1.165, 1.54) is 6.07 Å². The van der Waals surface area contributed by atoms with Gasteiger partial charge in [-0.1, -0.05) is 6.07 Å². The van der Waals surface area contributed by atoms with Crippen LogP contribution in [0.3, 0.4) is 0 Å². The summed E-state index contributed by atoms with van der Waals surface area (Å²) in [5.74, 6) is 0. The zero-order chi connectivity index (χ0) is 23.6. The van der Waals surface area contributed by atoms with Crippen molar-refractivity contribution in [3.8, 4) is 0 Å². The monoisotopic (exact) mass is 472 g/mol. The Balaban J connectivity index is -0.000000164. The Morgan fingerprint density at radius 2 is 1.07 bits per heavy atom. The van der Waals surface area contributed by atoms with E-state index >= 15 is 0 Å². The summed E-state index contributed by atoms with van der Waals surface area (Å²) >= 11 is 0. The van der Waals surface area contributed by atoms with Crippen molar-refractivity contribution in [1.29, 1.82) is 0 Å². The molecule has 0 heterocycles. The third kappa shape index (κ3) is 46.5. The van der Waals surface area contributed by atoms with Crippen LogP contribution in [0, 0.1) is 10.1 Å². The van der Waals surface area contributed by atoms with Crippen LogP contribution >= 0.6 is 0 Å². The second kappa shape index (κ2) is 13.7. The number of hydrogen-bond donors (Lipinski definition) is 1. The molecule has 29 heavy (non-hydrogen) atoms. The molecule has 1 rings (SSSR count). The van der Waals surface area contributed by atoms with Crippen LogP contribution in [0.5, 0.6) is 0 Å². The molecule has 0 atom stereocenters. The van der Waals surface area contributed by atoms with Crippen LogP contribution in [-0.2, 0) is 10.1 Å². The van der Waals surface area contributed by atoms with Crippen molar-refractivity contribution < 1.29 is 69.7 Å². The van der Waals surface area contributed by atoms with Crippen LogP contribution < -0.4 is 0 Å². The first-order chi connectivity index (χ1) is 11.9. The molecule has 0 aliphatic rings. The van der Waals surface area contributed by atoms with E-state index < -0.39 is 41.7 Å². The standard InChI is InChI=1S/C6H5NO5S.3BF4.Li.H/c8-7(9)5-2-1-3-6(4-5)13(10,11)12;3*2-1(3,4)5;;/h1-4H,(H,10,11,12);;;;;/q;3*-1;;. The topological polar surface area (TPSA) is 97.5 Å². The van der Waals surface area contributed by atoms with Crippen LogP contribution in [0.2, 0.25) is 0 Å². The normalized spacial score (nSPS) is 11.2. The maximum absolute atomic E-state index is 10.5. The quantitative estimate of drug-likeness (QED) is 0.230. The van der Waals surface area contributed by atoms with Crippen molar-refractivity contribution in [2.24, 2.45) is 0 Å². The molecule has 0 aliphatic heterocycles. The minimum atomic E-state index is -6.00. The number of halogens is 12. The molecule has 1 aromatic rings. The summed E-state index contributed by atoms with van der Waals surface area (Å²) in [7, 11) is -22.4. The number of nitro groups is 1. The van der Waals surface area contributed by atoms with Crippen LogP contribution in [0.4, 0.5) is 57.5 Å². The molecule has 0 amide bonds. The molecule has 6 nitrogen and oxygen atoms in total. The van der Waals surface area contributed by atoms with Crippen molar-refractivity contribution in [3.63, 3.8) is 0 Å². The third-order valence-corrected chi connectivity index (χ3v) is 2.18. The average Bonchev–Trinajstić information content (AvgIpc) is 2.31. The Bertz CT molecular complexity index is 665. The van der Waals surface area contributed by atoms with Gasteiger partial charge in [-0.2, -0.15) is 8.42 Å². The van der Waals surface area contributed by atoms with E-state index in [4.69, 9.17) is 4.55 Å². The molecule has 23 heteroatoms. The van der Waals surface area contributed by atoms with E-state index in [-0.39, 0.29) is 24.5 Å². The van der Waals surface area contributed by atoms with Crippen molar-refractivity contribution >= 4 is 56.4 Å². The Hall–Kier alpha value is -1.52. The number of nitrogens with zero attached hydrogens (tertiary/aromatic N) is 1. The molecular formula is C6H6B3F12LiNO5S-3. The zero-order valence-electron chi connectivity index (χ0n) is 12.5. The van der Waals surface area contributed by atoms with Gasteiger partial charge in [-0.25, -0.2) is 0 Å². The summed E-state index contributed by atoms with van der Waals surface area (Å²) < 4.78 is 147. The molecule has 0 aromatic heterocycles. The third-order valence-electron chi connectivity index (χ3n) is 1.33. The van der Waals surface area contributed by atoms with Crippen LogP contribution in [0.1, 0.15) is 0 Å². The Kier molecular flexibility index (Phi) is 16.5. The summed E-state index contributed by atoms with van der Waals surface area (Å²) in [6.45, 7) is 0. The minimum absolute atomic E-state index is 0. The molecule has 0 fully saturated rings. The van der Waals surface area contributed by atoms with E-state index in [0.717, 1.165) is 18.2 Å². The van der Waals surface area contributed by atoms with E-state index in [0.29, 0.717) is 0 Å². The maximum atomic E-state index is 10.5. The van der Waals surface area contributed by atoms with Gasteiger partial charge in [0.25, 0.3) is 15.8 Å². The van der Waals surface area contributed by atoms with Gasteiger partial charge in [0.15, 0.2) is 0 Å². The molecular weight excluding hydrogens is 465 g/mol. The van der Waals surface area contributed by atoms with Gasteiger partial charge in [-0.05, 0) is 6.07 Å². The molecule has 0 spiro atoms. The van der Waals surface area contributed by atoms with Crippen molar-refractivity contribution in [3.05, 3.63) is 34.4 Å². The molecule has 1 aromatic carbocycles. The Morgan fingerprint density at radius 3 is 1.28 bits per heavy atom. The summed E-state index contributed by atoms with van der Waals surface area (Å²) in [6.07, 6.45) is 0. The number of rotatable bonds is 2. The van der Waals surface area contributed by atoms with Gasteiger partial charge in [0.2, 0.25) is 0 Å². The summed E-state index contributed by atoms with van der Waals surface area (Å²) in [6, 6.07) is 4.17. The Morgan fingerprint density at radius 1 is 0.793 bits per heavy atom. The summed E-state index contributed by atoms with van der Waals surface area (Å²) in [5.41, 5.74) is -0.380. The van der Waals surface area contributed by atoms with Gasteiger partial charge in [0.1, 0.15) is 4.90 Å². The molecule has 168 valence electrons. The van der Waals surface area contributed by atoms with Crippen molar-refractivity contribution in [2.45, 2.75) is 4.90 Å². The predicted octanol–water partition coefficient (Wildman–Crippen LogP) is 4.09. The van der Waals surface area contributed by atoms with Gasteiger partial charge in [-0.3, -0.25) is 14.7 Å². The number of benzene rings is 1. The van der Waals surface area contributed by atoms with Gasteiger partial charge in [0, 0.05) is 12.1 Å². The molecule has 0 aliphatic carbocycles. The summed E-state index contributed by atoms with van der Waals surface area (Å²) in [4.78, 5) is 8.98. The van der Waals surface area contributed by atoms with E-state index in [9.17, 15) is 70.3 Å². The molecule has 0 bridgehead atoms. The second-order valence-electron chi connectivity index (χ2n) is 3.71. The molecule has 0 unspecified atom stereocenters. The van der Waals surface area contributed by atoms with Crippen molar-refractivity contribution in [1.82, 2.24) is 0 Å². The fourth-order valence-electron chi connectivity index (χ4n) is 0.758. The van der Waals surface area contributed by atoms with E-state index in [2.05, 4.69) is 0 Å². The van der Waals surface area contributed by atoms with E-state index in [1.54, 1.807) is 0 Å². The SMILES string of the molecule is F[B-](F)(F)F.F[B-](F)(F)F.F[B-](F)(F)F.O=[N+]([O-])c1cccc(S(=O)(=O)O)c1.[LiH]. The molecule has 0 saturated heterocycles. The first kappa shape index (κ1) is 35.0. The fraction of sp³-hybridized carbons (Fsp3) is 0. The van der Waals surface area contributed by atoms with Crippen LogP contribution in [0.15, 0.2) is 29.2 Å². The number of non-ortho nitro benzene ring substituents is 1. The van der Waals surface area contributed by atoms with E-state index in [1.807, 2.05) is 0 Å². The van der Waals surface area contributed by atoms with Gasteiger partial charge >= 0.3 is 40.6 Å².